The van der Waals surface area contributed by atoms with Gasteiger partial charge in [-0.25, -0.2) is 8.42 Å². The van der Waals surface area contributed by atoms with Crippen LogP contribution in [-0.2, 0) is 10.0 Å². The van der Waals surface area contributed by atoms with E-state index in [-0.39, 0.29) is 21.9 Å². The van der Waals surface area contributed by atoms with E-state index < -0.39 is 10.0 Å². The SMILES string of the molecule is CN(C)CC1(CO)CCN(S(=O)(=O)c2ccc(Cl)cc2Cl)CC1. The zero-order valence-corrected chi connectivity index (χ0v) is 15.6. The molecule has 1 saturated heterocycles. The zero-order chi connectivity index (χ0) is 17.3. The van der Waals surface area contributed by atoms with Gasteiger partial charge in [-0.3, -0.25) is 0 Å². The molecular formula is C15H22Cl2N2O3S. The second kappa shape index (κ2) is 7.25. The average molecular weight is 381 g/mol. The van der Waals surface area contributed by atoms with Gasteiger partial charge in [0.2, 0.25) is 10.0 Å². The van der Waals surface area contributed by atoms with E-state index in [1.54, 1.807) is 0 Å². The normalized spacial score (nSPS) is 19.2. The van der Waals surface area contributed by atoms with Gasteiger partial charge in [-0.2, -0.15) is 4.31 Å². The van der Waals surface area contributed by atoms with Gasteiger partial charge in [0, 0.05) is 30.1 Å². The van der Waals surface area contributed by atoms with Crippen LogP contribution in [0.25, 0.3) is 0 Å². The van der Waals surface area contributed by atoms with Crippen LogP contribution in [0.1, 0.15) is 12.8 Å². The highest BCUT2D eigenvalue weighted by molar-refractivity contribution is 7.89. The van der Waals surface area contributed by atoms with E-state index >= 15 is 0 Å². The van der Waals surface area contributed by atoms with Crippen molar-refractivity contribution < 1.29 is 13.5 Å². The van der Waals surface area contributed by atoms with Gasteiger partial charge in [-0.1, -0.05) is 23.2 Å². The minimum absolute atomic E-state index is 0.0563. The number of hydrogen-bond donors (Lipinski definition) is 1. The van der Waals surface area contributed by atoms with Crippen LogP contribution in [0.5, 0.6) is 0 Å². The largest absolute Gasteiger partial charge is 0.396 e. The van der Waals surface area contributed by atoms with Crippen molar-refractivity contribution in [3.63, 3.8) is 0 Å². The molecule has 1 heterocycles. The minimum Gasteiger partial charge on any atom is -0.396 e. The molecule has 1 fully saturated rings. The summed E-state index contributed by atoms with van der Waals surface area (Å²) in [4.78, 5) is 2.10. The predicted molar refractivity (Wildman–Crippen MR) is 92.5 cm³/mol. The van der Waals surface area contributed by atoms with Crippen molar-refractivity contribution in [2.75, 3.05) is 40.3 Å². The fourth-order valence-corrected chi connectivity index (χ4v) is 5.25. The third kappa shape index (κ3) is 4.18. The third-order valence-electron chi connectivity index (χ3n) is 4.28. The topological polar surface area (TPSA) is 60.9 Å². The van der Waals surface area contributed by atoms with Crippen molar-refractivity contribution in [3.8, 4) is 0 Å². The number of halogens is 2. The molecule has 0 spiro atoms. The molecule has 23 heavy (non-hydrogen) atoms. The highest BCUT2D eigenvalue weighted by atomic mass is 35.5. The molecule has 1 aliphatic rings. The molecule has 0 atom stereocenters. The Morgan fingerprint density at radius 1 is 1.26 bits per heavy atom. The van der Waals surface area contributed by atoms with E-state index in [0.29, 0.717) is 31.0 Å². The first-order valence-electron chi connectivity index (χ1n) is 7.41. The lowest BCUT2D eigenvalue weighted by atomic mass is 9.79. The first-order chi connectivity index (χ1) is 10.7. The van der Waals surface area contributed by atoms with Crippen molar-refractivity contribution in [1.29, 1.82) is 0 Å². The van der Waals surface area contributed by atoms with Gasteiger partial charge >= 0.3 is 0 Å². The molecular weight excluding hydrogens is 359 g/mol. The molecule has 0 bridgehead atoms. The molecule has 8 heteroatoms. The fraction of sp³-hybridized carbons (Fsp3) is 0.600. The molecule has 0 saturated carbocycles. The first kappa shape index (κ1) is 19.0. The highest BCUT2D eigenvalue weighted by Gasteiger charge is 2.39. The van der Waals surface area contributed by atoms with Crippen molar-refractivity contribution in [1.82, 2.24) is 9.21 Å². The highest BCUT2D eigenvalue weighted by Crippen LogP contribution is 2.35. The number of sulfonamides is 1. The first-order valence-corrected chi connectivity index (χ1v) is 9.61. The summed E-state index contributed by atoms with van der Waals surface area (Å²) in [6, 6.07) is 4.39. The molecule has 1 aliphatic heterocycles. The van der Waals surface area contributed by atoms with E-state index in [9.17, 15) is 13.5 Å². The van der Waals surface area contributed by atoms with Crippen molar-refractivity contribution in [2.24, 2.45) is 5.41 Å². The summed E-state index contributed by atoms with van der Waals surface area (Å²) >= 11 is 11.9. The van der Waals surface area contributed by atoms with E-state index in [1.807, 2.05) is 19.0 Å². The van der Waals surface area contributed by atoms with Crippen LogP contribution in [0.4, 0.5) is 0 Å². The summed E-state index contributed by atoms with van der Waals surface area (Å²) in [5.41, 5.74) is -0.251. The average Bonchev–Trinajstić information content (AvgIpc) is 2.46. The van der Waals surface area contributed by atoms with Gasteiger partial charge in [0.05, 0.1) is 11.6 Å². The van der Waals surface area contributed by atoms with Crippen LogP contribution in [0, 0.1) is 5.41 Å². The number of hydrogen-bond acceptors (Lipinski definition) is 4. The predicted octanol–water partition coefficient (Wildman–Crippen LogP) is 2.32. The molecule has 5 nitrogen and oxygen atoms in total. The number of piperidine rings is 1. The summed E-state index contributed by atoms with van der Waals surface area (Å²) in [6.45, 7) is 1.53. The lowest BCUT2D eigenvalue weighted by Crippen LogP contribution is -2.48. The lowest BCUT2D eigenvalue weighted by molar-refractivity contribution is 0.0442. The molecule has 0 amide bonds. The summed E-state index contributed by atoms with van der Waals surface area (Å²) in [6.07, 6.45) is 1.23. The number of rotatable bonds is 5. The van der Waals surface area contributed by atoms with Gasteiger partial charge in [0.1, 0.15) is 4.90 Å². The number of aliphatic hydroxyl groups is 1. The van der Waals surface area contributed by atoms with Crippen molar-refractivity contribution >= 4 is 33.2 Å². The van der Waals surface area contributed by atoms with Crippen molar-refractivity contribution in [3.05, 3.63) is 28.2 Å². The van der Waals surface area contributed by atoms with Gasteiger partial charge in [0.15, 0.2) is 0 Å². The summed E-state index contributed by atoms with van der Waals surface area (Å²) in [7, 11) is 0.256. The quantitative estimate of drug-likeness (QED) is 0.851. The second-order valence-corrected chi connectivity index (χ2v) is 9.12. The third-order valence-corrected chi connectivity index (χ3v) is 6.90. The summed E-state index contributed by atoms with van der Waals surface area (Å²) in [5, 5.41) is 10.3. The van der Waals surface area contributed by atoms with Crippen LogP contribution in [-0.4, -0.2) is 63.1 Å². The maximum Gasteiger partial charge on any atom is 0.244 e. The Kier molecular flexibility index (Phi) is 5.98. The maximum atomic E-state index is 12.8. The molecule has 1 aromatic rings. The van der Waals surface area contributed by atoms with E-state index in [2.05, 4.69) is 0 Å². The minimum atomic E-state index is -3.65. The van der Waals surface area contributed by atoms with Gasteiger partial charge < -0.3 is 10.0 Å². The molecule has 0 unspecified atom stereocenters. The Hall–Kier alpha value is -0.370. The Morgan fingerprint density at radius 2 is 1.87 bits per heavy atom. The fourth-order valence-electron chi connectivity index (χ4n) is 3.06. The van der Waals surface area contributed by atoms with Gasteiger partial charge in [-0.15, -0.1) is 0 Å². The Morgan fingerprint density at radius 3 is 2.35 bits per heavy atom. The maximum absolute atomic E-state index is 12.8. The van der Waals surface area contributed by atoms with Crippen LogP contribution >= 0.6 is 23.2 Å². The number of nitrogens with zero attached hydrogens (tertiary/aromatic N) is 2. The Balaban J connectivity index is 2.18. The number of benzene rings is 1. The molecule has 0 radical (unpaired) electrons. The van der Waals surface area contributed by atoms with Crippen LogP contribution in [0.3, 0.4) is 0 Å². The van der Waals surface area contributed by atoms with E-state index in [1.165, 1.54) is 22.5 Å². The molecule has 0 aliphatic carbocycles. The van der Waals surface area contributed by atoms with Gasteiger partial charge in [-0.05, 0) is 45.1 Å². The zero-order valence-electron chi connectivity index (χ0n) is 13.3. The summed E-state index contributed by atoms with van der Waals surface area (Å²) in [5.74, 6) is 0. The Bertz CT molecular complexity index is 657. The van der Waals surface area contributed by atoms with E-state index in [4.69, 9.17) is 23.2 Å². The Labute approximate surface area is 147 Å². The van der Waals surface area contributed by atoms with E-state index in [0.717, 1.165) is 6.54 Å². The lowest BCUT2D eigenvalue weighted by Gasteiger charge is -2.41. The monoisotopic (exact) mass is 380 g/mol. The molecule has 130 valence electrons. The van der Waals surface area contributed by atoms with Crippen LogP contribution < -0.4 is 0 Å². The van der Waals surface area contributed by atoms with Crippen molar-refractivity contribution in [2.45, 2.75) is 17.7 Å². The molecule has 0 aromatic heterocycles. The molecule has 2 rings (SSSR count). The van der Waals surface area contributed by atoms with Crippen LogP contribution in [0.15, 0.2) is 23.1 Å². The van der Waals surface area contributed by atoms with Crippen LogP contribution in [0.2, 0.25) is 10.0 Å². The van der Waals surface area contributed by atoms with Gasteiger partial charge in [0.25, 0.3) is 0 Å². The number of aliphatic hydroxyl groups excluding tert-OH is 1. The molecule has 1 aromatic carbocycles. The smallest absolute Gasteiger partial charge is 0.244 e. The molecule has 1 N–H and O–H groups in total. The second-order valence-electron chi connectivity index (χ2n) is 6.37. The summed E-state index contributed by atoms with van der Waals surface area (Å²) < 4.78 is 27.0. The standard InChI is InChI=1S/C15H22Cl2N2O3S/c1-18(2)10-15(11-20)5-7-19(8-6-15)23(21,22)14-4-3-12(16)9-13(14)17/h3-4,9,20H,5-8,10-11H2,1-2H3.